The van der Waals surface area contributed by atoms with Crippen molar-refractivity contribution in [3.05, 3.63) is 98.6 Å². The molecule has 0 fully saturated rings. The smallest absolute Gasteiger partial charge is 0.244 e. The number of anilines is 1. The highest BCUT2D eigenvalue weighted by molar-refractivity contribution is 14.1. The first kappa shape index (κ1) is 29.9. The minimum atomic E-state index is -3.80. The maximum atomic E-state index is 13.9. The number of carbonyl (C=O) groups excluding carboxylic acids is 2. The van der Waals surface area contributed by atoms with Gasteiger partial charge in [0.25, 0.3) is 0 Å². The number of sulfonamides is 1. The molecule has 3 rings (SSSR count). The van der Waals surface area contributed by atoms with E-state index in [0.29, 0.717) is 17.3 Å². The van der Waals surface area contributed by atoms with Gasteiger partial charge in [0.15, 0.2) is 0 Å². The Morgan fingerprint density at radius 1 is 0.974 bits per heavy atom. The van der Waals surface area contributed by atoms with Crippen LogP contribution in [-0.4, -0.2) is 50.5 Å². The number of nitrogens with zero attached hydrogens (tertiary/aromatic N) is 2. The number of hydrogen-bond acceptors (Lipinski definition) is 4. The quantitative estimate of drug-likeness (QED) is 0.279. The Morgan fingerprint density at radius 3 is 2.24 bits per heavy atom. The van der Waals surface area contributed by atoms with Gasteiger partial charge in [-0.3, -0.25) is 13.9 Å². The first-order chi connectivity index (χ1) is 18.1. The zero-order valence-corrected chi connectivity index (χ0v) is 25.0. The van der Waals surface area contributed by atoms with E-state index in [2.05, 4.69) is 27.9 Å². The summed E-state index contributed by atoms with van der Waals surface area (Å²) < 4.78 is 27.5. The highest BCUT2D eigenvalue weighted by Gasteiger charge is 2.33. The van der Waals surface area contributed by atoms with Gasteiger partial charge in [-0.1, -0.05) is 61.0 Å². The van der Waals surface area contributed by atoms with Crippen LogP contribution < -0.4 is 9.62 Å². The second kappa shape index (κ2) is 14.0. The van der Waals surface area contributed by atoms with Crippen molar-refractivity contribution in [1.29, 1.82) is 0 Å². The molecule has 0 radical (unpaired) electrons. The molecule has 0 saturated heterocycles. The SMILES string of the molecule is CCCNC(=O)[C@H](Cc1ccccc1)N(Cc1cccc(Cl)c1)C(=O)CN(c1ccc(I)cc1)S(C)(=O)=O. The van der Waals surface area contributed by atoms with Crippen LogP contribution in [0.2, 0.25) is 5.02 Å². The molecule has 0 spiro atoms. The van der Waals surface area contributed by atoms with Crippen molar-refractivity contribution >= 4 is 61.7 Å². The van der Waals surface area contributed by atoms with E-state index in [0.717, 1.165) is 31.7 Å². The van der Waals surface area contributed by atoms with E-state index < -0.39 is 28.5 Å². The van der Waals surface area contributed by atoms with Crippen LogP contribution in [0.4, 0.5) is 5.69 Å². The van der Waals surface area contributed by atoms with Gasteiger partial charge in [-0.05, 0) is 76.5 Å². The van der Waals surface area contributed by atoms with E-state index in [1.807, 2.05) is 43.3 Å². The molecule has 1 N–H and O–H groups in total. The van der Waals surface area contributed by atoms with Crippen molar-refractivity contribution in [3.63, 3.8) is 0 Å². The van der Waals surface area contributed by atoms with Crippen LogP contribution >= 0.6 is 34.2 Å². The van der Waals surface area contributed by atoms with Crippen molar-refractivity contribution in [1.82, 2.24) is 10.2 Å². The zero-order valence-electron chi connectivity index (χ0n) is 21.3. The molecule has 38 heavy (non-hydrogen) atoms. The van der Waals surface area contributed by atoms with Crippen molar-refractivity contribution in [2.45, 2.75) is 32.4 Å². The predicted octanol–water partition coefficient (Wildman–Crippen LogP) is 4.88. The molecule has 0 aliphatic carbocycles. The Bertz CT molecular complexity index is 1340. The minimum Gasteiger partial charge on any atom is -0.354 e. The molecule has 202 valence electrons. The summed E-state index contributed by atoms with van der Waals surface area (Å²) in [4.78, 5) is 28.8. The maximum absolute atomic E-state index is 13.9. The molecular weight excluding hydrogens is 637 g/mol. The molecule has 0 aliphatic rings. The topological polar surface area (TPSA) is 86.8 Å². The third-order valence-electron chi connectivity index (χ3n) is 5.86. The largest absolute Gasteiger partial charge is 0.354 e. The average Bonchev–Trinajstić information content (AvgIpc) is 2.88. The number of benzene rings is 3. The predicted molar refractivity (Wildman–Crippen MR) is 161 cm³/mol. The molecule has 0 aromatic heterocycles. The van der Waals surface area contributed by atoms with Gasteiger partial charge in [-0.2, -0.15) is 0 Å². The molecule has 2 amide bonds. The van der Waals surface area contributed by atoms with E-state index in [1.54, 1.807) is 42.5 Å². The first-order valence-corrected chi connectivity index (χ1v) is 15.5. The normalized spacial score (nSPS) is 12.0. The fraction of sp³-hybridized carbons (Fsp3) is 0.286. The van der Waals surface area contributed by atoms with Crippen LogP contribution in [0.5, 0.6) is 0 Å². The van der Waals surface area contributed by atoms with Crippen LogP contribution in [0.25, 0.3) is 0 Å². The Kier molecular flexibility index (Phi) is 11.0. The first-order valence-electron chi connectivity index (χ1n) is 12.2. The monoisotopic (exact) mass is 667 g/mol. The lowest BCUT2D eigenvalue weighted by atomic mass is 10.0. The summed E-state index contributed by atoms with van der Waals surface area (Å²) in [6.07, 6.45) is 2.07. The molecule has 0 heterocycles. The van der Waals surface area contributed by atoms with Gasteiger partial charge in [-0.15, -0.1) is 0 Å². The van der Waals surface area contributed by atoms with Crippen molar-refractivity contribution in [2.75, 3.05) is 23.7 Å². The number of amides is 2. The average molecular weight is 668 g/mol. The molecule has 1 atom stereocenters. The summed E-state index contributed by atoms with van der Waals surface area (Å²) in [7, 11) is -3.80. The summed E-state index contributed by atoms with van der Waals surface area (Å²) in [6.45, 7) is 2.04. The lowest BCUT2D eigenvalue weighted by Crippen LogP contribution is -2.53. The summed E-state index contributed by atoms with van der Waals surface area (Å²) in [5.74, 6) is -0.798. The number of hydrogen-bond donors (Lipinski definition) is 1. The second-order valence-corrected chi connectivity index (χ2v) is 12.5. The van der Waals surface area contributed by atoms with Crippen molar-refractivity contribution in [2.24, 2.45) is 0 Å². The summed E-state index contributed by atoms with van der Waals surface area (Å²) in [6, 6.07) is 22.5. The summed E-state index contributed by atoms with van der Waals surface area (Å²) in [5.41, 5.74) is 1.98. The molecule has 3 aromatic rings. The number of carbonyl (C=O) groups is 2. The molecule has 7 nitrogen and oxygen atoms in total. The summed E-state index contributed by atoms with van der Waals surface area (Å²) in [5, 5.41) is 3.42. The van der Waals surface area contributed by atoms with Crippen LogP contribution in [0.15, 0.2) is 78.9 Å². The third kappa shape index (κ3) is 8.71. The molecule has 0 saturated carbocycles. The number of rotatable bonds is 12. The van der Waals surface area contributed by atoms with Crippen LogP contribution in [-0.2, 0) is 32.6 Å². The van der Waals surface area contributed by atoms with Gasteiger partial charge in [0, 0.05) is 28.1 Å². The highest BCUT2D eigenvalue weighted by atomic mass is 127. The number of halogens is 2. The van der Waals surface area contributed by atoms with Gasteiger partial charge >= 0.3 is 0 Å². The van der Waals surface area contributed by atoms with E-state index in [4.69, 9.17) is 11.6 Å². The van der Waals surface area contributed by atoms with E-state index in [9.17, 15) is 18.0 Å². The molecule has 0 bridgehead atoms. The summed E-state index contributed by atoms with van der Waals surface area (Å²) >= 11 is 8.35. The lowest BCUT2D eigenvalue weighted by molar-refractivity contribution is -0.140. The van der Waals surface area contributed by atoms with E-state index in [-0.39, 0.29) is 18.9 Å². The molecule has 0 aliphatic heterocycles. The Hall–Kier alpha value is -2.63. The fourth-order valence-electron chi connectivity index (χ4n) is 3.97. The Morgan fingerprint density at radius 2 is 1.63 bits per heavy atom. The minimum absolute atomic E-state index is 0.0841. The molecule has 10 heteroatoms. The molecule has 0 unspecified atom stereocenters. The zero-order chi connectivity index (χ0) is 27.7. The van der Waals surface area contributed by atoms with Crippen LogP contribution in [0.3, 0.4) is 0 Å². The maximum Gasteiger partial charge on any atom is 0.244 e. The van der Waals surface area contributed by atoms with Crippen molar-refractivity contribution in [3.8, 4) is 0 Å². The fourth-order valence-corrected chi connectivity index (χ4v) is 5.40. The van der Waals surface area contributed by atoms with E-state index >= 15 is 0 Å². The number of nitrogens with one attached hydrogen (secondary N) is 1. The van der Waals surface area contributed by atoms with Gasteiger partial charge in [0.05, 0.1) is 11.9 Å². The Labute approximate surface area is 243 Å². The highest BCUT2D eigenvalue weighted by Crippen LogP contribution is 2.22. The molecular formula is C28H31ClIN3O4S. The van der Waals surface area contributed by atoms with Gasteiger partial charge in [0.2, 0.25) is 21.8 Å². The van der Waals surface area contributed by atoms with E-state index in [1.165, 1.54) is 4.90 Å². The standard InChI is InChI=1S/C28H31ClIN3O4S/c1-3-16-31-28(35)26(18-21-8-5-4-6-9-21)32(19-22-10-7-11-23(29)17-22)27(34)20-33(38(2,36)37)25-14-12-24(30)13-15-25/h4-15,17,26H,3,16,18-20H2,1-2H3,(H,31,35)/t26-/m0/s1. The van der Waals surface area contributed by atoms with Crippen molar-refractivity contribution < 1.29 is 18.0 Å². The lowest BCUT2D eigenvalue weighted by Gasteiger charge is -2.33. The van der Waals surface area contributed by atoms with Gasteiger partial charge in [-0.25, -0.2) is 8.42 Å². The van der Waals surface area contributed by atoms with Crippen LogP contribution in [0.1, 0.15) is 24.5 Å². The third-order valence-corrected chi connectivity index (χ3v) is 7.95. The second-order valence-electron chi connectivity index (χ2n) is 8.89. The Balaban J connectivity index is 2.03. The van der Waals surface area contributed by atoms with Gasteiger partial charge in [0.1, 0.15) is 12.6 Å². The van der Waals surface area contributed by atoms with Gasteiger partial charge < -0.3 is 10.2 Å². The van der Waals surface area contributed by atoms with Crippen LogP contribution in [0, 0.1) is 3.57 Å². The molecule has 3 aromatic carbocycles.